The maximum absolute atomic E-state index is 11.5. The Bertz CT molecular complexity index is 435. The van der Waals surface area contributed by atoms with E-state index in [-0.39, 0.29) is 18.0 Å². The SMILES string of the molecule is CC(=O)N1CCCN(C(c2ccccn2)C(C)N)CC1. The number of nitrogens with zero attached hydrogens (tertiary/aromatic N) is 3. The molecule has 2 N–H and O–H groups in total. The third-order valence-electron chi connectivity index (χ3n) is 3.86. The van der Waals surface area contributed by atoms with Gasteiger partial charge in [0.1, 0.15) is 0 Å². The fraction of sp³-hybridized carbons (Fsp3) is 0.600. The van der Waals surface area contributed by atoms with Gasteiger partial charge in [-0.2, -0.15) is 0 Å². The summed E-state index contributed by atoms with van der Waals surface area (Å²) < 4.78 is 0. The minimum Gasteiger partial charge on any atom is -0.342 e. The van der Waals surface area contributed by atoms with Gasteiger partial charge in [-0.05, 0) is 25.5 Å². The monoisotopic (exact) mass is 276 g/mol. The summed E-state index contributed by atoms with van der Waals surface area (Å²) in [5.74, 6) is 0.155. The molecule has 0 aliphatic carbocycles. The average molecular weight is 276 g/mol. The van der Waals surface area contributed by atoms with Gasteiger partial charge in [0.05, 0.1) is 11.7 Å². The predicted molar refractivity (Wildman–Crippen MR) is 79.1 cm³/mol. The molecule has 2 heterocycles. The van der Waals surface area contributed by atoms with E-state index in [4.69, 9.17) is 5.73 Å². The molecule has 1 saturated heterocycles. The zero-order chi connectivity index (χ0) is 14.5. The minimum atomic E-state index is 0.00813. The van der Waals surface area contributed by atoms with Crippen molar-refractivity contribution in [1.29, 1.82) is 0 Å². The van der Waals surface area contributed by atoms with Crippen LogP contribution < -0.4 is 5.73 Å². The van der Waals surface area contributed by atoms with E-state index >= 15 is 0 Å². The Morgan fingerprint density at radius 2 is 2.10 bits per heavy atom. The topological polar surface area (TPSA) is 62.5 Å². The van der Waals surface area contributed by atoms with Crippen molar-refractivity contribution < 1.29 is 4.79 Å². The summed E-state index contributed by atoms with van der Waals surface area (Å²) in [5.41, 5.74) is 7.20. The van der Waals surface area contributed by atoms with Crippen LogP contribution in [0.15, 0.2) is 24.4 Å². The Kier molecular flexibility index (Phi) is 5.09. The molecule has 2 unspecified atom stereocenters. The number of hydrogen-bond acceptors (Lipinski definition) is 4. The first-order chi connectivity index (χ1) is 9.59. The van der Waals surface area contributed by atoms with Gasteiger partial charge < -0.3 is 10.6 Å². The van der Waals surface area contributed by atoms with E-state index in [0.29, 0.717) is 0 Å². The summed E-state index contributed by atoms with van der Waals surface area (Å²) in [5, 5.41) is 0. The van der Waals surface area contributed by atoms with Crippen LogP contribution in [0.1, 0.15) is 32.0 Å². The molecular weight excluding hydrogens is 252 g/mol. The van der Waals surface area contributed by atoms with Crippen LogP contribution in [-0.4, -0.2) is 52.9 Å². The Labute approximate surface area is 120 Å². The van der Waals surface area contributed by atoms with E-state index < -0.39 is 0 Å². The van der Waals surface area contributed by atoms with Gasteiger partial charge in [0.25, 0.3) is 0 Å². The second-order valence-corrected chi connectivity index (χ2v) is 5.45. The summed E-state index contributed by atoms with van der Waals surface area (Å²) in [6.45, 7) is 7.06. The van der Waals surface area contributed by atoms with Crippen molar-refractivity contribution in [2.75, 3.05) is 26.2 Å². The maximum Gasteiger partial charge on any atom is 0.219 e. The van der Waals surface area contributed by atoms with Gasteiger partial charge >= 0.3 is 0 Å². The number of amides is 1. The van der Waals surface area contributed by atoms with Crippen molar-refractivity contribution in [3.63, 3.8) is 0 Å². The third-order valence-corrected chi connectivity index (χ3v) is 3.86. The molecule has 20 heavy (non-hydrogen) atoms. The van der Waals surface area contributed by atoms with Crippen LogP contribution in [0, 0.1) is 0 Å². The Hall–Kier alpha value is -1.46. The molecule has 1 amide bonds. The van der Waals surface area contributed by atoms with Gasteiger partial charge in [0.15, 0.2) is 0 Å². The number of hydrogen-bond donors (Lipinski definition) is 1. The standard InChI is InChI=1S/C15H24N4O/c1-12(16)15(14-6-3-4-7-17-14)19-9-5-8-18(10-11-19)13(2)20/h3-4,6-7,12,15H,5,8-11,16H2,1-2H3. The van der Waals surface area contributed by atoms with E-state index in [2.05, 4.69) is 9.88 Å². The second-order valence-electron chi connectivity index (χ2n) is 5.45. The van der Waals surface area contributed by atoms with Gasteiger partial charge in [-0.1, -0.05) is 6.07 Å². The number of rotatable bonds is 3. The van der Waals surface area contributed by atoms with E-state index in [0.717, 1.165) is 38.3 Å². The molecule has 0 saturated carbocycles. The minimum absolute atomic E-state index is 0.00813. The summed E-state index contributed by atoms with van der Waals surface area (Å²) in [6.07, 6.45) is 2.79. The lowest BCUT2D eigenvalue weighted by Gasteiger charge is -2.32. The number of carbonyl (C=O) groups is 1. The first-order valence-electron chi connectivity index (χ1n) is 7.25. The summed E-state index contributed by atoms with van der Waals surface area (Å²) in [6, 6.07) is 6.07. The Morgan fingerprint density at radius 3 is 2.70 bits per heavy atom. The molecule has 0 aromatic carbocycles. The van der Waals surface area contributed by atoms with E-state index in [1.807, 2.05) is 36.2 Å². The molecule has 0 spiro atoms. The van der Waals surface area contributed by atoms with Crippen molar-refractivity contribution in [1.82, 2.24) is 14.8 Å². The maximum atomic E-state index is 11.5. The normalized spacial score (nSPS) is 20.2. The highest BCUT2D eigenvalue weighted by Crippen LogP contribution is 2.23. The number of aromatic nitrogens is 1. The number of pyridine rings is 1. The van der Waals surface area contributed by atoms with Crippen molar-refractivity contribution in [2.24, 2.45) is 5.73 Å². The lowest BCUT2D eigenvalue weighted by molar-refractivity contribution is -0.128. The largest absolute Gasteiger partial charge is 0.342 e. The van der Waals surface area contributed by atoms with E-state index in [1.165, 1.54) is 0 Å². The molecular formula is C15H24N4O. The van der Waals surface area contributed by atoms with Crippen molar-refractivity contribution in [2.45, 2.75) is 32.4 Å². The fourth-order valence-corrected chi connectivity index (χ4v) is 2.87. The fourth-order valence-electron chi connectivity index (χ4n) is 2.87. The zero-order valence-electron chi connectivity index (χ0n) is 12.3. The second kappa shape index (κ2) is 6.81. The molecule has 5 heteroatoms. The first kappa shape index (κ1) is 14.9. The van der Waals surface area contributed by atoms with Crippen LogP contribution in [0.4, 0.5) is 0 Å². The highest BCUT2D eigenvalue weighted by molar-refractivity contribution is 5.73. The average Bonchev–Trinajstić information content (AvgIpc) is 2.66. The zero-order valence-corrected chi connectivity index (χ0v) is 12.3. The van der Waals surface area contributed by atoms with Crippen LogP contribution >= 0.6 is 0 Å². The highest BCUT2D eigenvalue weighted by atomic mass is 16.2. The molecule has 2 rings (SSSR count). The summed E-state index contributed by atoms with van der Waals surface area (Å²) in [7, 11) is 0. The predicted octanol–water partition coefficient (Wildman–Crippen LogP) is 1.02. The quantitative estimate of drug-likeness (QED) is 0.895. The molecule has 1 aromatic rings. The van der Waals surface area contributed by atoms with Crippen LogP contribution in [-0.2, 0) is 4.79 Å². The lowest BCUT2D eigenvalue weighted by Crippen LogP contribution is -2.42. The Balaban J connectivity index is 2.12. The van der Waals surface area contributed by atoms with Gasteiger partial charge in [-0.3, -0.25) is 14.7 Å². The van der Waals surface area contributed by atoms with Crippen molar-refractivity contribution in [3.05, 3.63) is 30.1 Å². The van der Waals surface area contributed by atoms with Crippen LogP contribution in [0.5, 0.6) is 0 Å². The van der Waals surface area contributed by atoms with Crippen LogP contribution in [0.2, 0.25) is 0 Å². The third kappa shape index (κ3) is 3.55. The van der Waals surface area contributed by atoms with Crippen LogP contribution in [0.3, 0.4) is 0 Å². The van der Waals surface area contributed by atoms with Gasteiger partial charge in [-0.25, -0.2) is 0 Å². The van der Waals surface area contributed by atoms with Gasteiger partial charge in [0.2, 0.25) is 5.91 Å². The molecule has 1 aromatic heterocycles. The van der Waals surface area contributed by atoms with E-state index in [1.54, 1.807) is 6.92 Å². The lowest BCUT2D eigenvalue weighted by atomic mass is 10.0. The molecule has 0 bridgehead atoms. The first-order valence-corrected chi connectivity index (χ1v) is 7.25. The molecule has 2 atom stereocenters. The molecule has 0 radical (unpaired) electrons. The molecule has 1 fully saturated rings. The number of nitrogens with two attached hydrogens (primary N) is 1. The summed E-state index contributed by atoms with van der Waals surface area (Å²) >= 11 is 0. The smallest absolute Gasteiger partial charge is 0.219 e. The van der Waals surface area contributed by atoms with E-state index in [9.17, 15) is 4.79 Å². The van der Waals surface area contributed by atoms with Gasteiger partial charge in [0, 0.05) is 45.3 Å². The molecule has 1 aliphatic rings. The van der Waals surface area contributed by atoms with Crippen LogP contribution in [0.25, 0.3) is 0 Å². The Morgan fingerprint density at radius 1 is 1.30 bits per heavy atom. The molecule has 1 aliphatic heterocycles. The summed E-state index contributed by atoms with van der Waals surface area (Å²) in [4.78, 5) is 20.2. The number of carbonyl (C=O) groups excluding carboxylic acids is 1. The van der Waals surface area contributed by atoms with Crippen molar-refractivity contribution >= 4 is 5.91 Å². The molecule has 110 valence electrons. The van der Waals surface area contributed by atoms with Crippen molar-refractivity contribution in [3.8, 4) is 0 Å². The highest BCUT2D eigenvalue weighted by Gasteiger charge is 2.27. The molecule has 5 nitrogen and oxygen atoms in total. The van der Waals surface area contributed by atoms with Gasteiger partial charge in [-0.15, -0.1) is 0 Å².